The topological polar surface area (TPSA) is 41.9 Å². The van der Waals surface area contributed by atoms with Gasteiger partial charge in [-0.05, 0) is 19.1 Å². The average molecular weight is 224 g/mol. The molecule has 1 aromatic carbocycles. The Morgan fingerprint density at radius 3 is 2.71 bits per heavy atom. The van der Waals surface area contributed by atoms with E-state index >= 15 is 0 Å². The van der Waals surface area contributed by atoms with Gasteiger partial charge in [-0.1, -0.05) is 18.2 Å². The van der Waals surface area contributed by atoms with Crippen molar-refractivity contribution in [1.29, 1.82) is 5.41 Å². The lowest BCUT2D eigenvalue weighted by Gasteiger charge is -1.99. The van der Waals surface area contributed by atoms with Gasteiger partial charge in [-0.3, -0.25) is 4.57 Å². The standard InChI is InChI=1S/C14H12N2O/c1-10(15)12-9-16(14-7-4-8-17-14)13-6-3-2-5-11(12)13/h2-9,15H,1H3. The lowest BCUT2D eigenvalue weighted by Crippen LogP contribution is -1.90. The van der Waals surface area contributed by atoms with Crippen LogP contribution in [0.15, 0.2) is 53.3 Å². The van der Waals surface area contributed by atoms with Crippen LogP contribution >= 0.6 is 0 Å². The van der Waals surface area contributed by atoms with Gasteiger partial charge in [0.2, 0.25) is 5.88 Å². The monoisotopic (exact) mass is 224 g/mol. The van der Waals surface area contributed by atoms with Crippen molar-refractivity contribution in [2.24, 2.45) is 0 Å². The van der Waals surface area contributed by atoms with Crippen molar-refractivity contribution in [3.05, 3.63) is 54.4 Å². The SMILES string of the molecule is CC(=N)c1cn(-c2ccco2)c2ccccc12. The van der Waals surface area contributed by atoms with Gasteiger partial charge in [0.05, 0.1) is 11.8 Å². The summed E-state index contributed by atoms with van der Waals surface area (Å²) in [4.78, 5) is 0. The van der Waals surface area contributed by atoms with E-state index in [1.165, 1.54) is 0 Å². The molecular formula is C14H12N2O. The molecule has 0 spiro atoms. The molecule has 17 heavy (non-hydrogen) atoms. The maximum Gasteiger partial charge on any atom is 0.203 e. The number of para-hydroxylation sites is 1. The third-order valence-electron chi connectivity index (χ3n) is 2.86. The van der Waals surface area contributed by atoms with Crippen molar-refractivity contribution in [1.82, 2.24) is 4.57 Å². The summed E-state index contributed by atoms with van der Waals surface area (Å²) in [5.41, 5.74) is 2.56. The average Bonchev–Trinajstić information content (AvgIpc) is 2.95. The minimum Gasteiger partial charge on any atom is -0.448 e. The van der Waals surface area contributed by atoms with Crippen LogP contribution < -0.4 is 0 Å². The molecule has 3 nitrogen and oxygen atoms in total. The second-order valence-electron chi connectivity index (χ2n) is 4.01. The third-order valence-corrected chi connectivity index (χ3v) is 2.86. The highest BCUT2D eigenvalue weighted by Gasteiger charge is 2.11. The summed E-state index contributed by atoms with van der Waals surface area (Å²) in [5, 5.41) is 8.89. The predicted molar refractivity (Wildman–Crippen MR) is 68.0 cm³/mol. The maximum atomic E-state index is 7.81. The number of benzene rings is 1. The van der Waals surface area contributed by atoms with E-state index in [0.717, 1.165) is 22.4 Å². The number of rotatable bonds is 2. The minimum absolute atomic E-state index is 0.562. The number of fused-ring (bicyclic) bond motifs is 1. The number of hydrogen-bond donors (Lipinski definition) is 1. The van der Waals surface area contributed by atoms with Gasteiger partial charge in [0, 0.05) is 28.9 Å². The largest absolute Gasteiger partial charge is 0.448 e. The second kappa shape index (κ2) is 3.63. The fourth-order valence-corrected chi connectivity index (χ4v) is 2.07. The van der Waals surface area contributed by atoms with E-state index in [9.17, 15) is 0 Å². The number of furan rings is 1. The van der Waals surface area contributed by atoms with Crippen LogP contribution in [0.4, 0.5) is 0 Å². The zero-order valence-corrected chi connectivity index (χ0v) is 9.47. The van der Waals surface area contributed by atoms with Gasteiger partial charge in [0.25, 0.3) is 0 Å². The van der Waals surface area contributed by atoms with Crippen molar-refractivity contribution in [3.8, 4) is 5.88 Å². The van der Waals surface area contributed by atoms with Crippen molar-refractivity contribution in [3.63, 3.8) is 0 Å². The zero-order valence-electron chi connectivity index (χ0n) is 9.47. The molecule has 0 aliphatic heterocycles. The highest BCUT2D eigenvalue weighted by atomic mass is 16.3. The molecule has 0 saturated carbocycles. The number of hydrogen-bond acceptors (Lipinski definition) is 2. The summed E-state index contributed by atoms with van der Waals surface area (Å²) in [5.74, 6) is 0.772. The van der Waals surface area contributed by atoms with Gasteiger partial charge in [-0.15, -0.1) is 0 Å². The maximum absolute atomic E-state index is 7.81. The smallest absolute Gasteiger partial charge is 0.203 e. The molecule has 0 radical (unpaired) electrons. The van der Waals surface area contributed by atoms with Gasteiger partial charge >= 0.3 is 0 Å². The Labute approximate surface area is 98.8 Å². The lowest BCUT2D eigenvalue weighted by molar-refractivity contribution is 0.543. The van der Waals surface area contributed by atoms with Crippen LogP contribution in [-0.2, 0) is 0 Å². The normalized spacial score (nSPS) is 10.9. The Morgan fingerprint density at radius 1 is 1.18 bits per heavy atom. The Bertz CT molecular complexity index is 677. The molecule has 0 aliphatic rings. The molecule has 1 N–H and O–H groups in total. The number of nitrogens with one attached hydrogen (secondary N) is 1. The Balaban J connectivity index is 2.37. The molecule has 0 aliphatic carbocycles. The summed E-state index contributed by atoms with van der Waals surface area (Å²) >= 11 is 0. The van der Waals surface area contributed by atoms with Gasteiger partial charge in [-0.25, -0.2) is 0 Å². The van der Waals surface area contributed by atoms with E-state index in [4.69, 9.17) is 9.83 Å². The van der Waals surface area contributed by atoms with E-state index in [0.29, 0.717) is 5.71 Å². The zero-order chi connectivity index (χ0) is 11.8. The Kier molecular flexibility index (Phi) is 2.11. The minimum atomic E-state index is 0.562. The Hall–Kier alpha value is -2.29. The van der Waals surface area contributed by atoms with Crippen LogP contribution in [0.3, 0.4) is 0 Å². The van der Waals surface area contributed by atoms with Crippen molar-refractivity contribution in [2.75, 3.05) is 0 Å². The molecule has 0 fully saturated rings. The van der Waals surface area contributed by atoms with Crippen LogP contribution in [0, 0.1) is 5.41 Å². The summed E-state index contributed by atoms with van der Waals surface area (Å²) in [6, 6.07) is 11.8. The first kappa shape index (κ1) is 9.90. The van der Waals surface area contributed by atoms with Crippen molar-refractivity contribution < 1.29 is 4.42 Å². The number of aromatic nitrogens is 1. The molecule has 0 atom stereocenters. The molecule has 0 saturated heterocycles. The summed E-state index contributed by atoms with van der Waals surface area (Å²) in [7, 11) is 0. The first-order valence-electron chi connectivity index (χ1n) is 5.47. The molecule has 0 unspecified atom stereocenters. The van der Waals surface area contributed by atoms with E-state index in [1.807, 2.05) is 47.2 Å². The fourth-order valence-electron chi connectivity index (χ4n) is 2.07. The van der Waals surface area contributed by atoms with E-state index in [-0.39, 0.29) is 0 Å². The molecule has 3 aromatic rings. The van der Waals surface area contributed by atoms with Crippen LogP contribution in [0.1, 0.15) is 12.5 Å². The molecule has 3 heteroatoms. The van der Waals surface area contributed by atoms with E-state index < -0.39 is 0 Å². The highest BCUT2D eigenvalue weighted by Crippen LogP contribution is 2.25. The Morgan fingerprint density at radius 2 is 2.00 bits per heavy atom. The first-order valence-corrected chi connectivity index (χ1v) is 5.47. The van der Waals surface area contributed by atoms with E-state index in [2.05, 4.69) is 0 Å². The van der Waals surface area contributed by atoms with Gasteiger partial charge in [0.1, 0.15) is 0 Å². The van der Waals surface area contributed by atoms with E-state index in [1.54, 1.807) is 13.2 Å². The summed E-state index contributed by atoms with van der Waals surface area (Å²) < 4.78 is 7.39. The molecule has 2 heterocycles. The lowest BCUT2D eigenvalue weighted by atomic mass is 10.1. The quantitative estimate of drug-likeness (QED) is 0.664. The fraction of sp³-hybridized carbons (Fsp3) is 0.0714. The molecule has 0 bridgehead atoms. The first-order chi connectivity index (χ1) is 8.27. The predicted octanol–water partition coefficient (Wildman–Crippen LogP) is 3.61. The molecular weight excluding hydrogens is 212 g/mol. The second-order valence-corrected chi connectivity index (χ2v) is 4.01. The highest BCUT2D eigenvalue weighted by molar-refractivity contribution is 6.08. The van der Waals surface area contributed by atoms with Crippen LogP contribution in [0.25, 0.3) is 16.8 Å². The molecule has 84 valence electrons. The van der Waals surface area contributed by atoms with Crippen molar-refractivity contribution in [2.45, 2.75) is 6.92 Å². The van der Waals surface area contributed by atoms with Gasteiger partial charge in [-0.2, -0.15) is 0 Å². The van der Waals surface area contributed by atoms with Crippen LogP contribution in [0.5, 0.6) is 0 Å². The summed E-state index contributed by atoms with van der Waals surface area (Å²) in [6.45, 7) is 1.80. The third kappa shape index (κ3) is 1.47. The molecule has 3 rings (SSSR count). The van der Waals surface area contributed by atoms with Gasteiger partial charge < -0.3 is 9.83 Å². The van der Waals surface area contributed by atoms with Crippen LogP contribution in [-0.4, -0.2) is 10.3 Å². The van der Waals surface area contributed by atoms with Crippen molar-refractivity contribution >= 4 is 16.6 Å². The molecule has 2 aromatic heterocycles. The molecule has 0 amide bonds. The van der Waals surface area contributed by atoms with Gasteiger partial charge in [0.15, 0.2) is 0 Å². The van der Waals surface area contributed by atoms with Crippen LogP contribution in [0.2, 0.25) is 0 Å². The summed E-state index contributed by atoms with van der Waals surface area (Å²) in [6.07, 6.45) is 3.60. The number of nitrogens with zero attached hydrogens (tertiary/aromatic N) is 1.